The molecular weight excluding hydrogens is 468 g/mol. The number of aromatic nitrogens is 1. The number of carbonyl (C=O) groups excluding carboxylic acids is 3. The van der Waals surface area contributed by atoms with Crippen molar-refractivity contribution in [2.75, 3.05) is 13.9 Å². The van der Waals surface area contributed by atoms with Crippen LogP contribution in [0, 0.1) is 12.8 Å². The van der Waals surface area contributed by atoms with E-state index in [1.165, 1.54) is 33.2 Å². The molecule has 2 aromatic rings. The van der Waals surface area contributed by atoms with Gasteiger partial charge in [-0.05, 0) is 38.8 Å². The third-order valence-corrected chi connectivity index (χ3v) is 5.18. The summed E-state index contributed by atoms with van der Waals surface area (Å²) in [5.74, 6) is -1.08. The smallest absolute Gasteiger partial charge is 0.328 e. The van der Waals surface area contributed by atoms with E-state index >= 15 is 0 Å². The Kier molecular flexibility index (Phi) is 10.5. The Hall–Kier alpha value is -3.82. The Morgan fingerprint density at radius 3 is 2.28 bits per heavy atom. The van der Waals surface area contributed by atoms with E-state index in [4.69, 9.17) is 23.7 Å². The zero-order valence-corrected chi connectivity index (χ0v) is 21.7. The number of nitrogens with one attached hydrogen (secondary N) is 1. The number of esters is 2. The zero-order chi connectivity index (χ0) is 26.8. The summed E-state index contributed by atoms with van der Waals surface area (Å²) in [6.45, 7) is 9.94. The van der Waals surface area contributed by atoms with Crippen LogP contribution < -0.4 is 19.5 Å². The molecule has 1 aromatic heterocycles. The van der Waals surface area contributed by atoms with E-state index in [0.717, 1.165) is 5.56 Å². The van der Waals surface area contributed by atoms with E-state index in [9.17, 15) is 14.4 Å². The topological polar surface area (TPSA) is 122 Å². The third kappa shape index (κ3) is 8.14. The zero-order valence-electron chi connectivity index (χ0n) is 21.7. The molecule has 2 rings (SSSR count). The molecule has 1 aromatic carbocycles. The molecule has 0 aliphatic carbocycles. The highest BCUT2D eigenvalue weighted by molar-refractivity contribution is 5.98. The van der Waals surface area contributed by atoms with E-state index in [1.807, 2.05) is 52.0 Å². The van der Waals surface area contributed by atoms with E-state index in [2.05, 4.69) is 10.3 Å². The normalized spacial score (nSPS) is 13.2. The van der Waals surface area contributed by atoms with Gasteiger partial charge in [-0.1, -0.05) is 31.5 Å². The van der Waals surface area contributed by atoms with Gasteiger partial charge in [-0.15, -0.1) is 0 Å². The predicted molar refractivity (Wildman–Crippen MR) is 131 cm³/mol. The minimum absolute atomic E-state index is 0.0282. The number of ether oxygens (including phenoxy) is 5. The van der Waals surface area contributed by atoms with Gasteiger partial charge in [0, 0.05) is 19.2 Å². The molecule has 1 amide bonds. The highest BCUT2D eigenvalue weighted by atomic mass is 16.7. The molecule has 10 nitrogen and oxygen atoms in total. The molecule has 1 N–H and O–H groups in total. The van der Waals surface area contributed by atoms with Crippen molar-refractivity contribution in [2.24, 2.45) is 5.92 Å². The molecule has 0 saturated heterocycles. The summed E-state index contributed by atoms with van der Waals surface area (Å²) >= 11 is 0. The Balaban J connectivity index is 2.08. The number of nitrogens with zero attached hydrogens (tertiary/aromatic N) is 1. The number of carbonyl (C=O) groups is 3. The summed E-state index contributed by atoms with van der Waals surface area (Å²) in [6.07, 6.45) is 0.366. The number of rotatable bonds is 12. The van der Waals surface area contributed by atoms with Crippen LogP contribution in [0.5, 0.6) is 17.2 Å². The van der Waals surface area contributed by atoms with Crippen LogP contribution in [-0.2, 0) is 19.1 Å². The fourth-order valence-electron chi connectivity index (χ4n) is 3.30. The first kappa shape index (κ1) is 28.4. The van der Waals surface area contributed by atoms with Crippen LogP contribution in [-0.4, -0.2) is 55.0 Å². The van der Waals surface area contributed by atoms with E-state index in [1.54, 1.807) is 0 Å². The second-order valence-corrected chi connectivity index (χ2v) is 8.57. The Bertz CT molecular complexity index is 1040. The molecule has 0 bridgehead atoms. The van der Waals surface area contributed by atoms with Gasteiger partial charge in [-0.25, -0.2) is 9.78 Å². The number of benzene rings is 1. The van der Waals surface area contributed by atoms with Gasteiger partial charge < -0.3 is 29.0 Å². The molecule has 36 heavy (non-hydrogen) atoms. The van der Waals surface area contributed by atoms with Crippen molar-refractivity contribution >= 4 is 17.8 Å². The quantitative estimate of drug-likeness (QED) is 0.343. The number of pyridine rings is 1. The van der Waals surface area contributed by atoms with Crippen molar-refractivity contribution < 1.29 is 38.1 Å². The first-order valence-electron chi connectivity index (χ1n) is 11.6. The SMILES string of the molecule is COc1ccnc(C(=O)N[C@@H](C)C(=O)O[C@H](C(C)C)[C@H](C)Oc2ccc(C)cc2)c1OCOC(C)=O. The van der Waals surface area contributed by atoms with Crippen molar-refractivity contribution in [3.63, 3.8) is 0 Å². The lowest BCUT2D eigenvalue weighted by Crippen LogP contribution is -2.45. The highest BCUT2D eigenvalue weighted by Crippen LogP contribution is 2.29. The number of amides is 1. The molecule has 3 atom stereocenters. The molecule has 1 heterocycles. The van der Waals surface area contributed by atoms with Gasteiger partial charge in [0.2, 0.25) is 6.79 Å². The molecule has 0 unspecified atom stereocenters. The predicted octanol–water partition coefficient (Wildman–Crippen LogP) is 3.45. The number of hydrogen-bond donors (Lipinski definition) is 1. The maximum Gasteiger partial charge on any atom is 0.328 e. The van der Waals surface area contributed by atoms with Gasteiger partial charge in [-0.2, -0.15) is 0 Å². The van der Waals surface area contributed by atoms with Crippen molar-refractivity contribution in [3.05, 3.63) is 47.8 Å². The average molecular weight is 503 g/mol. The molecule has 0 radical (unpaired) electrons. The molecule has 10 heteroatoms. The van der Waals surface area contributed by atoms with Crippen LogP contribution in [0.4, 0.5) is 0 Å². The fourth-order valence-corrected chi connectivity index (χ4v) is 3.30. The average Bonchev–Trinajstić information content (AvgIpc) is 2.83. The number of hydrogen-bond acceptors (Lipinski definition) is 9. The number of aryl methyl sites for hydroxylation is 1. The third-order valence-electron chi connectivity index (χ3n) is 5.18. The van der Waals surface area contributed by atoms with Crippen LogP contribution in [0.15, 0.2) is 36.5 Å². The van der Waals surface area contributed by atoms with Crippen LogP contribution in [0.1, 0.15) is 50.7 Å². The largest absolute Gasteiger partial charge is 0.493 e. The van der Waals surface area contributed by atoms with Gasteiger partial charge in [0.15, 0.2) is 17.2 Å². The lowest BCUT2D eigenvalue weighted by atomic mass is 10.0. The maximum atomic E-state index is 12.9. The molecule has 0 aliphatic rings. The molecular formula is C26H34N2O8. The van der Waals surface area contributed by atoms with Crippen molar-refractivity contribution in [1.82, 2.24) is 10.3 Å². The summed E-state index contributed by atoms with van der Waals surface area (Å²) in [4.78, 5) is 40.8. The molecule has 0 saturated carbocycles. The first-order valence-corrected chi connectivity index (χ1v) is 11.6. The fraction of sp³-hybridized carbons (Fsp3) is 0.462. The van der Waals surface area contributed by atoms with Gasteiger partial charge in [-0.3, -0.25) is 9.59 Å². The Morgan fingerprint density at radius 1 is 1.03 bits per heavy atom. The lowest BCUT2D eigenvalue weighted by Gasteiger charge is -2.29. The van der Waals surface area contributed by atoms with Crippen LogP contribution in [0.3, 0.4) is 0 Å². The van der Waals surface area contributed by atoms with Crippen molar-refractivity contribution in [3.8, 4) is 17.2 Å². The standard InChI is InChI=1S/C26H34N2O8/c1-15(2)23(18(5)35-20-10-8-16(3)9-11-20)36-26(31)17(4)28-25(30)22-24(34-14-33-19(6)29)21(32-7)12-13-27-22/h8-13,15,17-18,23H,14H2,1-7H3,(H,28,30)/t17-,18-,23+/m0/s1. The van der Waals surface area contributed by atoms with Crippen LogP contribution in [0.2, 0.25) is 0 Å². The van der Waals surface area contributed by atoms with Crippen molar-refractivity contribution in [1.29, 1.82) is 0 Å². The van der Waals surface area contributed by atoms with Crippen LogP contribution in [0.25, 0.3) is 0 Å². The van der Waals surface area contributed by atoms with Gasteiger partial charge in [0.1, 0.15) is 24.0 Å². The second kappa shape index (κ2) is 13.3. The Labute approximate surface area is 211 Å². The van der Waals surface area contributed by atoms with E-state index in [-0.39, 0.29) is 23.1 Å². The van der Waals surface area contributed by atoms with E-state index < -0.39 is 42.9 Å². The lowest BCUT2D eigenvalue weighted by molar-refractivity contribution is -0.158. The van der Waals surface area contributed by atoms with Crippen LogP contribution >= 0.6 is 0 Å². The Morgan fingerprint density at radius 2 is 1.69 bits per heavy atom. The number of methoxy groups -OCH3 is 1. The monoisotopic (exact) mass is 502 g/mol. The molecule has 0 spiro atoms. The summed E-state index contributed by atoms with van der Waals surface area (Å²) < 4.78 is 27.1. The molecule has 196 valence electrons. The highest BCUT2D eigenvalue weighted by Gasteiger charge is 2.30. The summed E-state index contributed by atoms with van der Waals surface area (Å²) in [6, 6.07) is 8.08. The maximum absolute atomic E-state index is 12.9. The van der Waals surface area contributed by atoms with Gasteiger partial charge in [0.05, 0.1) is 7.11 Å². The summed E-state index contributed by atoms with van der Waals surface area (Å²) in [5, 5.41) is 2.57. The minimum atomic E-state index is -1.00. The minimum Gasteiger partial charge on any atom is -0.493 e. The van der Waals surface area contributed by atoms with E-state index in [0.29, 0.717) is 5.75 Å². The summed E-state index contributed by atoms with van der Waals surface area (Å²) in [7, 11) is 1.39. The van der Waals surface area contributed by atoms with Crippen molar-refractivity contribution in [2.45, 2.75) is 59.8 Å². The van der Waals surface area contributed by atoms with Gasteiger partial charge in [0.25, 0.3) is 5.91 Å². The summed E-state index contributed by atoms with van der Waals surface area (Å²) in [5.41, 5.74) is 0.967. The second-order valence-electron chi connectivity index (χ2n) is 8.57. The first-order chi connectivity index (χ1) is 17.0. The molecule has 0 aliphatic heterocycles. The molecule has 0 fully saturated rings. The van der Waals surface area contributed by atoms with Gasteiger partial charge >= 0.3 is 11.9 Å².